The first-order chi connectivity index (χ1) is 13.5. The molecule has 1 aliphatic rings. The average molecular weight is 388 g/mol. The average Bonchev–Trinajstić information content (AvgIpc) is 3.15. The number of allylic oxidation sites excluding steroid dienone is 1. The number of terminal acetylenes is 1. The van der Waals surface area contributed by atoms with Gasteiger partial charge in [0.25, 0.3) is 0 Å². The van der Waals surface area contributed by atoms with Crippen molar-refractivity contribution < 1.29 is 18.4 Å². The third kappa shape index (κ3) is 7.51. The van der Waals surface area contributed by atoms with Crippen LogP contribution in [0.25, 0.3) is 0 Å². The molecular formula is C22H26F2N2O2. The minimum absolute atomic E-state index is 0.0152. The summed E-state index contributed by atoms with van der Waals surface area (Å²) in [6.45, 7) is 0.366. The molecule has 2 amide bonds. The molecular weight excluding hydrogens is 362 g/mol. The van der Waals surface area contributed by atoms with Gasteiger partial charge in [-0.25, -0.2) is 8.78 Å². The first kappa shape index (κ1) is 21.6. The third-order valence-electron chi connectivity index (χ3n) is 4.71. The molecule has 0 bridgehead atoms. The number of rotatable bonds is 9. The second kappa shape index (κ2) is 11.2. The molecule has 1 aromatic carbocycles. The standard InChI is InChI=1S/C22H26F2N2O2/c1-2-3-6-11-25-22(28)20(14-17-12-18(23)15-19(24)13-17)26-21(27)10-9-16-7-4-5-8-16/h1,9-10,12-13,15-16,20H,3-8,11,14H2,(H,25,28)(H,26,27)/b10-9+/t20-/m0/s1. The Labute approximate surface area is 164 Å². The number of halogens is 2. The highest BCUT2D eigenvalue weighted by atomic mass is 19.1. The lowest BCUT2D eigenvalue weighted by Crippen LogP contribution is -2.47. The Kier molecular flexibility index (Phi) is 8.67. The fourth-order valence-electron chi connectivity index (χ4n) is 3.29. The summed E-state index contributed by atoms with van der Waals surface area (Å²) in [5.74, 6) is 0.612. The molecule has 0 heterocycles. The zero-order chi connectivity index (χ0) is 20.4. The van der Waals surface area contributed by atoms with Crippen LogP contribution in [-0.4, -0.2) is 24.4 Å². The van der Waals surface area contributed by atoms with Gasteiger partial charge < -0.3 is 10.6 Å². The van der Waals surface area contributed by atoms with E-state index in [0.29, 0.717) is 30.9 Å². The van der Waals surface area contributed by atoms with Gasteiger partial charge in [0.05, 0.1) is 0 Å². The zero-order valence-electron chi connectivity index (χ0n) is 15.8. The number of hydrogen-bond acceptors (Lipinski definition) is 2. The summed E-state index contributed by atoms with van der Waals surface area (Å²) in [6.07, 6.45) is 14.1. The number of hydrogen-bond donors (Lipinski definition) is 2. The van der Waals surface area contributed by atoms with Gasteiger partial charge >= 0.3 is 0 Å². The minimum Gasteiger partial charge on any atom is -0.354 e. The van der Waals surface area contributed by atoms with Crippen molar-refractivity contribution in [2.24, 2.45) is 5.92 Å². The summed E-state index contributed by atoms with van der Waals surface area (Å²) in [5, 5.41) is 5.35. The van der Waals surface area contributed by atoms with Crippen LogP contribution in [0.4, 0.5) is 8.78 Å². The zero-order valence-corrected chi connectivity index (χ0v) is 15.8. The number of carbonyl (C=O) groups excluding carboxylic acids is 2. The fraction of sp³-hybridized carbons (Fsp3) is 0.455. The maximum absolute atomic E-state index is 13.5. The van der Waals surface area contributed by atoms with Crippen molar-refractivity contribution in [1.82, 2.24) is 10.6 Å². The van der Waals surface area contributed by atoms with E-state index in [1.807, 2.05) is 6.08 Å². The van der Waals surface area contributed by atoms with E-state index in [4.69, 9.17) is 6.42 Å². The SMILES string of the molecule is C#CCCCNC(=O)[C@H](Cc1cc(F)cc(F)c1)NC(=O)/C=C/C1CCCC1. The van der Waals surface area contributed by atoms with E-state index in [1.54, 1.807) is 0 Å². The Morgan fingerprint density at radius 1 is 1.21 bits per heavy atom. The van der Waals surface area contributed by atoms with Crippen LogP contribution in [0, 0.1) is 29.9 Å². The Balaban J connectivity index is 2.02. The molecule has 0 aromatic heterocycles. The summed E-state index contributed by atoms with van der Waals surface area (Å²) in [5.41, 5.74) is 0.293. The van der Waals surface area contributed by atoms with Gasteiger partial charge in [-0.1, -0.05) is 18.9 Å². The Hall–Kier alpha value is -2.68. The summed E-state index contributed by atoms with van der Waals surface area (Å²) in [7, 11) is 0. The third-order valence-corrected chi connectivity index (χ3v) is 4.71. The van der Waals surface area contributed by atoms with Crippen molar-refractivity contribution in [3.05, 3.63) is 47.5 Å². The van der Waals surface area contributed by atoms with E-state index in [0.717, 1.165) is 43.9 Å². The minimum atomic E-state index is -0.937. The second-order valence-electron chi connectivity index (χ2n) is 7.05. The van der Waals surface area contributed by atoms with E-state index in [-0.39, 0.29) is 6.42 Å². The summed E-state index contributed by atoms with van der Waals surface area (Å²) >= 11 is 0. The molecule has 1 fully saturated rings. The molecule has 0 saturated heterocycles. The Bertz CT molecular complexity index is 729. The molecule has 1 atom stereocenters. The Morgan fingerprint density at radius 3 is 2.54 bits per heavy atom. The normalized spacial score (nSPS) is 15.3. The molecule has 0 aliphatic heterocycles. The number of nitrogens with one attached hydrogen (secondary N) is 2. The van der Waals surface area contributed by atoms with Crippen LogP contribution in [0.1, 0.15) is 44.1 Å². The van der Waals surface area contributed by atoms with Gasteiger partial charge in [-0.2, -0.15) is 0 Å². The number of amides is 2. The van der Waals surface area contributed by atoms with Gasteiger partial charge in [0, 0.05) is 25.5 Å². The number of carbonyl (C=O) groups is 2. The van der Waals surface area contributed by atoms with E-state index in [2.05, 4.69) is 16.6 Å². The molecule has 150 valence electrons. The number of benzene rings is 1. The van der Waals surface area contributed by atoms with Crippen molar-refractivity contribution in [3.63, 3.8) is 0 Å². The maximum atomic E-state index is 13.5. The first-order valence-electron chi connectivity index (χ1n) is 9.63. The van der Waals surface area contributed by atoms with Crippen LogP contribution in [0.3, 0.4) is 0 Å². The summed E-state index contributed by atoms with van der Waals surface area (Å²) < 4.78 is 26.9. The summed E-state index contributed by atoms with van der Waals surface area (Å²) in [4.78, 5) is 24.7. The second-order valence-corrected chi connectivity index (χ2v) is 7.05. The molecule has 1 aliphatic carbocycles. The number of unbranched alkanes of at least 4 members (excludes halogenated alkanes) is 1. The predicted octanol–water partition coefficient (Wildman–Crippen LogP) is 3.27. The maximum Gasteiger partial charge on any atom is 0.244 e. The van der Waals surface area contributed by atoms with E-state index >= 15 is 0 Å². The van der Waals surface area contributed by atoms with E-state index in [9.17, 15) is 18.4 Å². The van der Waals surface area contributed by atoms with E-state index < -0.39 is 29.5 Å². The van der Waals surface area contributed by atoms with Crippen LogP contribution in [0.5, 0.6) is 0 Å². The highest BCUT2D eigenvalue weighted by molar-refractivity contribution is 5.93. The monoisotopic (exact) mass is 388 g/mol. The van der Waals surface area contributed by atoms with Crippen LogP contribution in [-0.2, 0) is 16.0 Å². The van der Waals surface area contributed by atoms with Crippen molar-refractivity contribution >= 4 is 11.8 Å². The van der Waals surface area contributed by atoms with E-state index in [1.165, 1.54) is 6.08 Å². The lowest BCUT2D eigenvalue weighted by atomic mass is 10.0. The molecule has 4 nitrogen and oxygen atoms in total. The molecule has 1 saturated carbocycles. The highest BCUT2D eigenvalue weighted by Gasteiger charge is 2.21. The van der Waals surface area contributed by atoms with Gasteiger partial charge in [0.2, 0.25) is 11.8 Å². The fourth-order valence-corrected chi connectivity index (χ4v) is 3.29. The molecule has 2 N–H and O–H groups in total. The molecule has 28 heavy (non-hydrogen) atoms. The van der Waals surface area contributed by atoms with Gasteiger partial charge in [0.1, 0.15) is 17.7 Å². The van der Waals surface area contributed by atoms with Crippen molar-refractivity contribution in [2.75, 3.05) is 6.54 Å². The van der Waals surface area contributed by atoms with Gasteiger partial charge in [-0.15, -0.1) is 12.3 Å². The quantitative estimate of drug-likeness (QED) is 0.388. The van der Waals surface area contributed by atoms with Crippen molar-refractivity contribution in [3.8, 4) is 12.3 Å². The molecule has 0 spiro atoms. The largest absolute Gasteiger partial charge is 0.354 e. The molecule has 0 unspecified atom stereocenters. The highest BCUT2D eigenvalue weighted by Crippen LogP contribution is 2.25. The van der Waals surface area contributed by atoms with Gasteiger partial charge in [-0.3, -0.25) is 9.59 Å². The van der Waals surface area contributed by atoms with Crippen LogP contribution >= 0.6 is 0 Å². The topological polar surface area (TPSA) is 58.2 Å². The molecule has 6 heteroatoms. The van der Waals surface area contributed by atoms with Crippen LogP contribution < -0.4 is 10.6 Å². The van der Waals surface area contributed by atoms with Crippen molar-refractivity contribution in [2.45, 2.75) is 51.0 Å². The molecule has 0 radical (unpaired) electrons. The van der Waals surface area contributed by atoms with Gasteiger partial charge in [-0.05, 0) is 49.0 Å². The van der Waals surface area contributed by atoms with Gasteiger partial charge in [0.15, 0.2) is 0 Å². The Morgan fingerprint density at radius 2 is 1.89 bits per heavy atom. The lowest BCUT2D eigenvalue weighted by molar-refractivity contribution is -0.127. The molecule has 2 rings (SSSR count). The van der Waals surface area contributed by atoms with Crippen molar-refractivity contribution in [1.29, 1.82) is 0 Å². The van der Waals surface area contributed by atoms with Crippen LogP contribution in [0.2, 0.25) is 0 Å². The summed E-state index contributed by atoms with van der Waals surface area (Å²) in [6, 6.07) is 2.14. The molecule has 1 aromatic rings. The predicted molar refractivity (Wildman–Crippen MR) is 104 cm³/mol. The first-order valence-corrected chi connectivity index (χ1v) is 9.63. The lowest BCUT2D eigenvalue weighted by Gasteiger charge is -2.18. The smallest absolute Gasteiger partial charge is 0.244 e. The van der Waals surface area contributed by atoms with Crippen LogP contribution in [0.15, 0.2) is 30.4 Å².